The lowest BCUT2D eigenvalue weighted by Crippen LogP contribution is -2.09. The van der Waals surface area contributed by atoms with E-state index in [2.05, 4.69) is 4.72 Å². The van der Waals surface area contributed by atoms with Gasteiger partial charge in [0.1, 0.15) is 0 Å². The Bertz CT molecular complexity index is 765. The summed E-state index contributed by atoms with van der Waals surface area (Å²) >= 11 is 5.78. The number of aryl methyl sites for hydroxylation is 2. The molecule has 0 saturated carbocycles. The first-order valence-corrected chi connectivity index (χ1v) is 8.32. The van der Waals surface area contributed by atoms with Crippen LogP contribution < -0.4 is 4.72 Å². The van der Waals surface area contributed by atoms with E-state index < -0.39 is 10.0 Å². The Morgan fingerprint density at radius 1 is 1.05 bits per heavy atom. The van der Waals surface area contributed by atoms with Gasteiger partial charge in [0, 0.05) is 5.02 Å². The summed E-state index contributed by atoms with van der Waals surface area (Å²) in [5, 5.41) is 1.76. The fourth-order valence-electron chi connectivity index (χ4n) is 1.86. The third-order valence-corrected chi connectivity index (χ3v) is 4.19. The summed E-state index contributed by atoms with van der Waals surface area (Å²) in [6.07, 6.45) is 1.53. The molecule has 0 saturated heterocycles. The zero-order valence-corrected chi connectivity index (χ0v) is 13.4. The summed E-state index contributed by atoms with van der Waals surface area (Å²) in [5.74, 6) is 0. The first kappa shape index (κ1) is 15.6. The predicted octanol–water partition coefficient (Wildman–Crippen LogP) is 4.37. The van der Waals surface area contributed by atoms with Crippen molar-refractivity contribution >= 4 is 33.4 Å². The molecule has 0 fully saturated rings. The fourth-order valence-corrected chi connectivity index (χ4v) is 2.92. The lowest BCUT2D eigenvalue weighted by molar-refractivity contribution is 0.609. The van der Waals surface area contributed by atoms with E-state index in [9.17, 15) is 8.42 Å². The number of hydrogen-bond acceptors (Lipinski definition) is 2. The summed E-state index contributed by atoms with van der Waals surface area (Å²) in [4.78, 5) is 0. The molecule has 0 aliphatic heterocycles. The van der Waals surface area contributed by atoms with E-state index >= 15 is 0 Å². The minimum atomic E-state index is -3.54. The van der Waals surface area contributed by atoms with Crippen molar-refractivity contribution in [1.82, 2.24) is 0 Å². The zero-order chi connectivity index (χ0) is 15.5. The molecule has 2 aromatic rings. The van der Waals surface area contributed by atoms with Gasteiger partial charge in [-0.1, -0.05) is 41.4 Å². The quantitative estimate of drug-likeness (QED) is 0.909. The number of anilines is 1. The van der Waals surface area contributed by atoms with Gasteiger partial charge in [0.2, 0.25) is 0 Å². The maximum atomic E-state index is 12.1. The highest BCUT2D eigenvalue weighted by Crippen LogP contribution is 2.18. The summed E-state index contributed by atoms with van der Waals surface area (Å²) in [6, 6.07) is 12.5. The van der Waals surface area contributed by atoms with E-state index in [0.717, 1.165) is 22.1 Å². The Kier molecular flexibility index (Phi) is 4.70. The van der Waals surface area contributed by atoms with Crippen LogP contribution in [-0.2, 0) is 10.0 Å². The van der Waals surface area contributed by atoms with Gasteiger partial charge in [-0.25, -0.2) is 8.42 Å². The molecule has 2 aromatic carbocycles. The van der Waals surface area contributed by atoms with Crippen LogP contribution in [0.15, 0.2) is 47.9 Å². The summed E-state index contributed by atoms with van der Waals surface area (Å²) in [5.41, 5.74) is 3.33. The molecular weight excluding hydrogens is 306 g/mol. The van der Waals surface area contributed by atoms with Crippen molar-refractivity contribution in [2.75, 3.05) is 4.72 Å². The van der Waals surface area contributed by atoms with Crippen molar-refractivity contribution in [3.05, 3.63) is 69.6 Å². The minimum absolute atomic E-state index is 0.585. The zero-order valence-electron chi connectivity index (χ0n) is 11.8. The van der Waals surface area contributed by atoms with Gasteiger partial charge in [0.05, 0.1) is 11.1 Å². The molecule has 3 nitrogen and oxygen atoms in total. The lowest BCUT2D eigenvalue weighted by Gasteiger charge is -2.08. The van der Waals surface area contributed by atoms with Crippen LogP contribution in [0.1, 0.15) is 16.7 Å². The second-order valence-electron chi connectivity index (χ2n) is 4.82. The standard InChI is InChI=1S/C16H16ClNO2S/c1-12-3-8-16(13(2)11-12)18-21(19,20)10-9-14-4-6-15(17)7-5-14/h3-11,18H,1-2H3. The topological polar surface area (TPSA) is 46.2 Å². The molecule has 5 heteroatoms. The van der Waals surface area contributed by atoms with Crippen LogP contribution in [0.5, 0.6) is 0 Å². The molecule has 0 aromatic heterocycles. The first-order chi connectivity index (χ1) is 9.85. The van der Waals surface area contributed by atoms with Crippen LogP contribution in [0.3, 0.4) is 0 Å². The van der Waals surface area contributed by atoms with Gasteiger partial charge >= 0.3 is 0 Å². The van der Waals surface area contributed by atoms with Crippen LogP contribution in [0.25, 0.3) is 6.08 Å². The SMILES string of the molecule is Cc1ccc(NS(=O)(=O)C=Cc2ccc(Cl)cc2)c(C)c1. The summed E-state index contributed by atoms with van der Waals surface area (Å²) in [6.45, 7) is 3.83. The van der Waals surface area contributed by atoms with Crippen molar-refractivity contribution in [3.63, 3.8) is 0 Å². The normalized spacial score (nSPS) is 11.8. The van der Waals surface area contributed by atoms with Crippen molar-refractivity contribution < 1.29 is 8.42 Å². The molecule has 0 atom stereocenters. The molecule has 110 valence electrons. The molecule has 0 heterocycles. The number of hydrogen-bond donors (Lipinski definition) is 1. The van der Waals surface area contributed by atoms with E-state index in [4.69, 9.17) is 11.6 Å². The third kappa shape index (κ3) is 4.62. The monoisotopic (exact) mass is 321 g/mol. The summed E-state index contributed by atoms with van der Waals surface area (Å²) < 4.78 is 26.7. The van der Waals surface area contributed by atoms with Gasteiger partial charge in [-0.15, -0.1) is 0 Å². The molecule has 0 radical (unpaired) electrons. The summed E-state index contributed by atoms with van der Waals surface area (Å²) in [7, 11) is -3.54. The molecule has 0 amide bonds. The van der Waals surface area contributed by atoms with Gasteiger partial charge < -0.3 is 0 Å². The third-order valence-electron chi connectivity index (χ3n) is 2.94. The molecule has 0 aliphatic carbocycles. The molecule has 21 heavy (non-hydrogen) atoms. The van der Waals surface area contributed by atoms with E-state index in [-0.39, 0.29) is 0 Å². The van der Waals surface area contributed by atoms with Crippen LogP contribution in [-0.4, -0.2) is 8.42 Å². The number of rotatable bonds is 4. The van der Waals surface area contributed by atoms with Crippen molar-refractivity contribution in [1.29, 1.82) is 0 Å². The van der Waals surface area contributed by atoms with Crippen molar-refractivity contribution in [2.24, 2.45) is 0 Å². The highest BCUT2D eigenvalue weighted by molar-refractivity contribution is 7.95. The largest absolute Gasteiger partial charge is 0.280 e. The van der Waals surface area contributed by atoms with E-state index in [1.807, 2.05) is 26.0 Å². The van der Waals surface area contributed by atoms with Gasteiger partial charge in [0.15, 0.2) is 0 Å². The predicted molar refractivity (Wildman–Crippen MR) is 88.9 cm³/mol. The van der Waals surface area contributed by atoms with Crippen LogP contribution in [0, 0.1) is 13.8 Å². The van der Waals surface area contributed by atoms with Gasteiger partial charge in [-0.3, -0.25) is 4.72 Å². The molecule has 2 rings (SSSR count). The van der Waals surface area contributed by atoms with E-state index in [0.29, 0.717) is 10.7 Å². The van der Waals surface area contributed by atoms with Crippen molar-refractivity contribution in [3.8, 4) is 0 Å². The van der Waals surface area contributed by atoms with Gasteiger partial charge in [-0.05, 0) is 49.2 Å². The van der Waals surface area contributed by atoms with Crippen LogP contribution in [0.4, 0.5) is 5.69 Å². The Morgan fingerprint density at radius 2 is 1.71 bits per heavy atom. The average molecular weight is 322 g/mol. The number of benzene rings is 2. The number of halogens is 1. The molecule has 0 bridgehead atoms. The van der Waals surface area contributed by atoms with E-state index in [1.165, 1.54) is 6.08 Å². The Morgan fingerprint density at radius 3 is 2.33 bits per heavy atom. The van der Waals surface area contributed by atoms with Crippen LogP contribution >= 0.6 is 11.6 Å². The number of nitrogens with one attached hydrogen (secondary N) is 1. The molecule has 1 N–H and O–H groups in total. The maximum Gasteiger partial charge on any atom is 0.255 e. The molecule has 0 aliphatic rings. The lowest BCUT2D eigenvalue weighted by atomic mass is 10.1. The second-order valence-corrected chi connectivity index (χ2v) is 6.82. The fraction of sp³-hybridized carbons (Fsp3) is 0.125. The number of sulfonamides is 1. The molecule has 0 spiro atoms. The van der Waals surface area contributed by atoms with Gasteiger partial charge in [0.25, 0.3) is 10.0 Å². The maximum absolute atomic E-state index is 12.1. The van der Waals surface area contributed by atoms with Crippen molar-refractivity contribution in [2.45, 2.75) is 13.8 Å². The van der Waals surface area contributed by atoms with E-state index in [1.54, 1.807) is 30.3 Å². The van der Waals surface area contributed by atoms with Gasteiger partial charge in [-0.2, -0.15) is 0 Å². The second kappa shape index (κ2) is 6.33. The average Bonchev–Trinajstić information content (AvgIpc) is 2.41. The molecular formula is C16H16ClNO2S. The smallest absolute Gasteiger partial charge is 0.255 e. The highest BCUT2D eigenvalue weighted by atomic mass is 35.5. The minimum Gasteiger partial charge on any atom is -0.280 e. The Hall–Kier alpha value is -1.78. The molecule has 0 unspecified atom stereocenters. The first-order valence-electron chi connectivity index (χ1n) is 6.39. The highest BCUT2D eigenvalue weighted by Gasteiger charge is 2.07. The Labute approximate surface area is 130 Å². The Balaban J connectivity index is 2.16. The van der Waals surface area contributed by atoms with Crippen LogP contribution in [0.2, 0.25) is 5.02 Å².